The van der Waals surface area contributed by atoms with Crippen LogP contribution in [0.4, 0.5) is 13.6 Å². The number of hydrogen-bond donors (Lipinski definition) is 2. The molecule has 9 heteroatoms. The molecule has 3 fully saturated rings. The Morgan fingerprint density at radius 3 is 2.56 bits per heavy atom. The van der Waals surface area contributed by atoms with Gasteiger partial charge in [0.05, 0.1) is 12.7 Å². The smallest absolute Gasteiger partial charge is 0.435 e. The summed E-state index contributed by atoms with van der Waals surface area (Å²) in [5, 5.41) is 21.2. The van der Waals surface area contributed by atoms with Crippen LogP contribution in [0.1, 0.15) is 53.4 Å². The number of fused-ring (bicyclic) bond motifs is 5. The number of rotatable bonds is 4. The lowest BCUT2D eigenvalue weighted by atomic mass is 9.44. The fourth-order valence-electron chi connectivity index (χ4n) is 7.85. The Bertz CT molecular complexity index is 992. The van der Waals surface area contributed by atoms with Crippen LogP contribution in [0, 0.1) is 28.6 Å². The molecule has 4 aliphatic carbocycles. The van der Waals surface area contributed by atoms with Crippen molar-refractivity contribution in [2.75, 3.05) is 13.2 Å². The molecular weight excluding hydrogens is 450 g/mol. The summed E-state index contributed by atoms with van der Waals surface area (Å²) < 4.78 is 42.2. The predicted octanol–water partition coefficient (Wildman–Crippen LogP) is 3.37. The molecular formula is C25H32F2O7. The molecule has 4 aliphatic rings. The highest BCUT2D eigenvalue weighted by molar-refractivity contribution is 6.04. The minimum absolute atomic E-state index is 0.0136. The van der Waals surface area contributed by atoms with Crippen molar-refractivity contribution >= 4 is 17.7 Å². The maximum absolute atomic E-state index is 17.2. The van der Waals surface area contributed by atoms with Gasteiger partial charge in [0.25, 0.3) is 0 Å². The van der Waals surface area contributed by atoms with Gasteiger partial charge in [-0.1, -0.05) is 19.4 Å². The van der Waals surface area contributed by atoms with Gasteiger partial charge in [-0.2, -0.15) is 0 Å². The lowest BCUT2D eigenvalue weighted by Gasteiger charge is -2.62. The van der Waals surface area contributed by atoms with Gasteiger partial charge in [-0.3, -0.25) is 9.59 Å². The van der Waals surface area contributed by atoms with Crippen molar-refractivity contribution in [2.45, 2.75) is 70.8 Å². The van der Waals surface area contributed by atoms with Gasteiger partial charge < -0.3 is 19.7 Å². The van der Waals surface area contributed by atoms with E-state index in [1.807, 2.05) is 0 Å². The summed E-state index contributed by atoms with van der Waals surface area (Å²) in [6.45, 7) is 5.60. The first kappa shape index (κ1) is 25.0. The first-order valence-electron chi connectivity index (χ1n) is 11.8. The number of Topliss-reactive ketones (excluding diaryl/α,β-unsaturated/α-hetero) is 1. The van der Waals surface area contributed by atoms with E-state index in [9.17, 15) is 29.0 Å². The van der Waals surface area contributed by atoms with Gasteiger partial charge in [-0.05, 0) is 57.6 Å². The van der Waals surface area contributed by atoms with Crippen LogP contribution in [0.5, 0.6) is 0 Å². The van der Waals surface area contributed by atoms with E-state index in [-0.39, 0.29) is 19.4 Å². The van der Waals surface area contributed by atoms with Crippen molar-refractivity contribution in [2.24, 2.45) is 28.6 Å². The quantitative estimate of drug-likeness (QED) is 0.591. The van der Waals surface area contributed by atoms with E-state index in [0.717, 1.165) is 12.2 Å². The lowest BCUT2D eigenvalue weighted by molar-refractivity contribution is -0.222. The van der Waals surface area contributed by atoms with Crippen LogP contribution in [0.2, 0.25) is 0 Å². The minimum Gasteiger partial charge on any atom is -0.435 e. The van der Waals surface area contributed by atoms with Crippen LogP contribution in [0.25, 0.3) is 0 Å². The number of allylic oxidation sites excluding steroid dienone is 4. The number of alkyl halides is 1. The Balaban J connectivity index is 1.84. The molecule has 0 heterocycles. The number of hydrogen-bond acceptors (Lipinski definition) is 7. The van der Waals surface area contributed by atoms with E-state index < -0.39 is 76.1 Å². The molecule has 0 bridgehead atoms. The van der Waals surface area contributed by atoms with Gasteiger partial charge >= 0.3 is 6.16 Å². The fraction of sp³-hybridized carbons (Fsp3) is 0.720. The zero-order valence-electron chi connectivity index (χ0n) is 19.9. The Labute approximate surface area is 197 Å². The standard InChI is InChI=1S/C25H32F2O7/c1-5-33-21(32)34-25(20(31)12-28)13(2)8-16-15-7-6-14-9-18(29)17(26)10-22(14,3)24(15,27)19(30)11-23(16,25)4/h9-10,13,15-16,19,28,30H,5-8,11-12H2,1-4H3/t13-,15+,16+,19+,22+,23+,24+,25+/m1/s1. The first-order chi connectivity index (χ1) is 15.8. The van der Waals surface area contributed by atoms with Crippen LogP contribution >= 0.6 is 0 Å². The van der Waals surface area contributed by atoms with Crippen molar-refractivity contribution in [3.63, 3.8) is 0 Å². The minimum atomic E-state index is -2.30. The van der Waals surface area contributed by atoms with Gasteiger partial charge in [0.2, 0.25) is 11.6 Å². The summed E-state index contributed by atoms with van der Waals surface area (Å²) in [5.74, 6) is -4.51. The molecule has 0 aliphatic heterocycles. The lowest BCUT2D eigenvalue weighted by Crippen LogP contribution is -2.70. The molecule has 0 amide bonds. The molecule has 0 saturated heterocycles. The van der Waals surface area contributed by atoms with Crippen LogP contribution in [-0.4, -0.2) is 58.5 Å². The van der Waals surface area contributed by atoms with Crippen LogP contribution in [0.15, 0.2) is 23.6 Å². The maximum atomic E-state index is 17.2. The zero-order chi connectivity index (χ0) is 25.3. The van der Waals surface area contributed by atoms with E-state index in [1.165, 1.54) is 6.92 Å². The number of aliphatic hydroxyl groups excluding tert-OH is 2. The third-order valence-corrected chi connectivity index (χ3v) is 9.30. The maximum Gasteiger partial charge on any atom is 0.509 e. The number of carbonyl (C=O) groups is 3. The number of aliphatic hydroxyl groups is 2. The van der Waals surface area contributed by atoms with Gasteiger partial charge in [0.15, 0.2) is 17.1 Å². The molecule has 0 unspecified atom stereocenters. The van der Waals surface area contributed by atoms with Gasteiger partial charge in [0, 0.05) is 22.7 Å². The van der Waals surface area contributed by atoms with E-state index in [2.05, 4.69) is 0 Å². The van der Waals surface area contributed by atoms with Crippen molar-refractivity contribution in [1.29, 1.82) is 0 Å². The highest BCUT2D eigenvalue weighted by atomic mass is 19.1. The highest BCUT2D eigenvalue weighted by Crippen LogP contribution is 2.71. The van der Waals surface area contributed by atoms with Crippen molar-refractivity contribution in [1.82, 2.24) is 0 Å². The Kier molecular flexibility index (Phi) is 5.84. The number of halogens is 2. The topological polar surface area (TPSA) is 110 Å². The molecule has 0 aromatic heterocycles. The van der Waals surface area contributed by atoms with Crippen LogP contribution in [-0.2, 0) is 19.1 Å². The fourth-order valence-corrected chi connectivity index (χ4v) is 7.85. The molecule has 188 valence electrons. The second-order valence-corrected chi connectivity index (χ2v) is 10.6. The summed E-state index contributed by atoms with van der Waals surface area (Å²) in [7, 11) is 0. The molecule has 34 heavy (non-hydrogen) atoms. The van der Waals surface area contributed by atoms with Gasteiger partial charge in [0.1, 0.15) is 6.61 Å². The summed E-state index contributed by atoms with van der Waals surface area (Å²) in [4.78, 5) is 37.6. The number of ether oxygens (including phenoxy) is 2. The van der Waals surface area contributed by atoms with E-state index in [4.69, 9.17) is 9.47 Å². The molecule has 0 aromatic carbocycles. The number of ketones is 2. The Morgan fingerprint density at radius 1 is 1.26 bits per heavy atom. The molecule has 0 aromatic rings. The highest BCUT2D eigenvalue weighted by Gasteiger charge is 2.77. The molecule has 3 saturated carbocycles. The van der Waals surface area contributed by atoms with Gasteiger partial charge in [-0.15, -0.1) is 0 Å². The summed E-state index contributed by atoms with van der Waals surface area (Å²) >= 11 is 0. The SMILES string of the molecule is CCOC(=O)O[C@]1(C(=O)CO)[C@H](C)C[C@H]2[C@@H]3CCC4=CC(=O)C(F)=C[C@]4(C)[C@@]3(F)[C@@H](O)C[C@@]21C. The van der Waals surface area contributed by atoms with Gasteiger partial charge in [-0.25, -0.2) is 13.6 Å². The zero-order valence-corrected chi connectivity index (χ0v) is 19.9. The van der Waals surface area contributed by atoms with Crippen LogP contribution < -0.4 is 0 Å². The normalized spacial score (nSPS) is 45.4. The Hall–Kier alpha value is -2.13. The molecule has 0 spiro atoms. The average molecular weight is 483 g/mol. The third-order valence-electron chi connectivity index (χ3n) is 9.30. The second kappa shape index (κ2) is 7.95. The molecule has 2 N–H and O–H groups in total. The second-order valence-electron chi connectivity index (χ2n) is 10.6. The van der Waals surface area contributed by atoms with E-state index in [1.54, 1.807) is 20.8 Å². The van der Waals surface area contributed by atoms with Crippen LogP contribution in [0.3, 0.4) is 0 Å². The number of carbonyl (C=O) groups excluding carboxylic acids is 3. The molecule has 0 radical (unpaired) electrons. The molecule has 7 nitrogen and oxygen atoms in total. The largest absolute Gasteiger partial charge is 0.509 e. The van der Waals surface area contributed by atoms with Crippen molar-refractivity contribution < 1.29 is 42.9 Å². The first-order valence-corrected chi connectivity index (χ1v) is 11.8. The van der Waals surface area contributed by atoms with Crippen molar-refractivity contribution in [3.05, 3.63) is 23.6 Å². The predicted molar refractivity (Wildman–Crippen MR) is 116 cm³/mol. The Morgan fingerprint density at radius 2 is 1.94 bits per heavy atom. The van der Waals surface area contributed by atoms with Crippen molar-refractivity contribution in [3.8, 4) is 0 Å². The molecule has 4 rings (SSSR count). The summed E-state index contributed by atoms with van der Waals surface area (Å²) in [6, 6.07) is 0. The summed E-state index contributed by atoms with van der Waals surface area (Å²) in [6.07, 6.45) is 0.0461. The summed E-state index contributed by atoms with van der Waals surface area (Å²) in [5.41, 5.74) is -6.43. The van der Waals surface area contributed by atoms with E-state index in [0.29, 0.717) is 18.4 Å². The average Bonchev–Trinajstić information content (AvgIpc) is 2.97. The molecule has 8 atom stereocenters. The van der Waals surface area contributed by atoms with E-state index >= 15 is 4.39 Å². The monoisotopic (exact) mass is 482 g/mol. The third kappa shape index (κ3) is 2.89.